The van der Waals surface area contributed by atoms with Crippen molar-refractivity contribution in [3.8, 4) is 5.75 Å². The van der Waals surface area contributed by atoms with E-state index in [1.165, 1.54) is 23.1 Å². The summed E-state index contributed by atoms with van der Waals surface area (Å²) in [5.41, 5.74) is 6.21. The Kier molecular flexibility index (Phi) is 5.62. The molecule has 3 rings (SSSR count). The summed E-state index contributed by atoms with van der Waals surface area (Å²) in [7, 11) is 0. The summed E-state index contributed by atoms with van der Waals surface area (Å²) in [6.45, 7) is 4.74. The van der Waals surface area contributed by atoms with Gasteiger partial charge in [-0.25, -0.2) is 15.0 Å². The van der Waals surface area contributed by atoms with Crippen LogP contribution in [0.4, 0.5) is 0 Å². The summed E-state index contributed by atoms with van der Waals surface area (Å²) in [5.74, 6) is 1.66. The van der Waals surface area contributed by atoms with Gasteiger partial charge in [-0.3, -0.25) is 4.79 Å². The molecule has 6 nitrogen and oxygen atoms in total. The van der Waals surface area contributed by atoms with Crippen LogP contribution in [-0.4, -0.2) is 33.1 Å². The Labute approximate surface area is 153 Å². The first-order valence-corrected chi connectivity index (χ1v) is 9.63. The summed E-state index contributed by atoms with van der Waals surface area (Å²) in [5, 5.41) is 1.53. The fraction of sp³-hybridized carbons (Fsp3) is 0.294. The summed E-state index contributed by atoms with van der Waals surface area (Å²) < 4.78 is 5.50. The van der Waals surface area contributed by atoms with E-state index in [0.717, 1.165) is 20.2 Å². The van der Waals surface area contributed by atoms with Crippen LogP contribution in [0.25, 0.3) is 11.0 Å². The van der Waals surface area contributed by atoms with Gasteiger partial charge in [0.25, 0.3) is 0 Å². The molecule has 3 aromatic rings. The predicted octanol–water partition coefficient (Wildman–Crippen LogP) is 3.23. The molecule has 0 aromatic carbocycles. The van der Waals surface area contributed by atoms with Crippen LogP contribution in [0.2, 0.25) is 0 Å². The van der Waals surface area contributed by atoms with Gasteiger partial charge in [0.1, 0.15) is 16.6 Å². The number of rotatable bonds is 7. The summed E-state index contributed by atoms with van der Waals surface area (Å²) in [4.78, 5) is 27.3. The van der Waals surface area contributed by atoms with E-state index < -0.39 is 0 Å². The number of aromatic nitrogens is 3. The monoisotopic (exact) mass is 374 g/mol. The molecule has 0 bridgehead atoms. The Balaban J connectivity index is 1.84. The summed E-state index contributed by atoms with van der Waals surface area (Å²) >= 11 is 2.83. The molecule has 0 saturated heterocycles. The number of thiophene rings is 1. The van der Waals surface area contributed by atoms with Gasteiger partial charge in [0.2, 0.25) is 0 Å². The third kappa shape index (κ3) is 4.15. The molecule has 0 atom stereocenters. The van der Waals surface area contributed by atoms with Gasteiger partial charge in [-0.05, 0) is 32.0 Å². The van der Waals surface area contributed by atoms with Crippen LogP contribution in [0.3, 0.4) is 0 Å². The van der Waals surface area contributed by atoms with Crippen LogP contribution < -0.4 is 10.5 Å². The SMILES string of the molecule is CCOc1cnc2nc(C)nc(SCC(=O)c3ccc(CN)s3)c2c1. The van der Waals surface area contributed by atoms with Gasteiger partial charge < -0.3 is 10.5 Å². The highest BCUT2D eigenvalue weighted by atomic mass is 32.2. The molecule has 0 aliphatic rings. The maximum Gasteiger partial charge on any atom is 0.183 e. The van der Waals surface area contributed by atoms with E-state index in [-0.39, 0.29) is 5.78 Å². The van der Waals surface area contributed by atoms with Crippen LogP contribution in [0, 0.1) is 6.92 Å². The minimum absolute atomic E-state index is 0.0630. The lowest BCUT2D eigenvalue weighted by Gasteiger charge is -2.08. The Bertz CT molecular complexity index is 911. The first-order valence-electron chi connectivity index (χ1n) is 7.82. The molecule has 8 heteroatoms. The molecule has 0 saturated carbocycles. The maximum atomic E-state index is 12.4. The number of carbonyl (C=O) groups excluding carboxylic acids is 1. The number of ether oxygens (including phenoxy) is 1. The predicted molar refractivity (Wildman–Crippen MR) is 101 cm³/mol. The van der Waals surface area contributed by atoms with Gasteiger partial charge >= 0.3 is 0 Å². The third-order valence-corrected chi connectivity index (χ3v) is 5.53. The number of hydrogen-bond donors (Lipinski definition) is 1. The van der Waals surface area contributed by atoms with E-state index in [1.807, 2.05) is 32.0 Å². The second-order valence-electron chi connectivity index (χ2n) is 5.23. The molecule has 25 heavy (non-hydrogen) atoms. The molecule has 3 aromatic heterocycles. The van der Waals surface area contributed by atoms with Crippen LogP contribution in [0.5, 0.6) is 5.75 Å². The number of nitrogens with zero attached hydrogens (tertiary/aromatic N) is 3. The molecule has 0 unspecified atom stereocenters. The minimum atomic E-state index is 0.0630. The van der Waals surface area contributed by atoms with Gasteiger partial charge in [-0.15, -0.1) is 11.3 Å². The van der Waals surface area contributed by atoms with E-state index in [0.29, 0.717) is 36.1 Å². The number of Topliss-reactive ketones (excluding diaryl/α,β-unsaturated/α-hetero) is 1. The molecule has 0 aliphatic heterocycles. The fourth-order valence-electron chi connectivity index (χ4n) is 2.27. The number of pyridine rings is 1. The van der Waals surface area contributed by atoms with Crippen LogP contribution in [0.15, 0.2) is 29.4 Å². The highest BCUT2D eigenvalue weighted by Crippen LogP contribution is 2.28. The van der Waals surface area contributed by atoms with Crippen molar-refractivity contribution in [1.82, 2.24) is 15.0 Å². The lowest BCUT2D eigenvalue weighted by molar-refractivity contribution is 0.102. The van der Waals surface area contributed by atoms with Crippen molar-refractivity contribution in [3.05, 3.63) is 40.0 Å². The van der Waals surface area contributed by atoms with Crippen molar-refractivity contribution in [2.24, 2.45) is 5.73 Å². The number of nitrogens with two attached hydrogens (primary N) is 1. The fourth-order valence-corrected chi connectivity index (χ4v) is 4.11. The van der Waals surface area contributed by atoms with Crippen molar-refractivity contribution >= 4 is 39.9 Å². The molecular formula is C17H18N4O2S2. The molecular weight excluding hydrogens is 356 g/mol. The van der Waals surface area contributed by atoms with Gasteiger partial charge in [0.05, 0.1) is 28.8 Å². The molecule has 0 fully saturated rings. The highest BCUT2D eigenvalue weighted by Gasteiger charge is 2.14. The number of carbonyl (C=O) groups is 1. The molecule has 3 heterocycles. The van der Waals surface area contributed by atoms with E-state index in [1.54, 1.807) is 6.20 Å². The van der Waals surface area contributed by atoms with Crippen molar-refractivity contribution in [2.75, 3.05) is 12.4 Å². The Morgan fingerprint density at radius 2 is 2.20 bits per heavy atom. The average Bonchev–Trinajstić information content (AvgIpc) is 3.09. The van der Waals surface area contributed by atoms with Gasteiger partial charge in [-0.2, -0.15) is 0 Å². The molecule has 0 amide bonds. The summed E-state index contributed by atoms with van der Waals surface area (Å²) in [6, 6.07) is 5.59. The molecule has 130 valence electrons. The van der Waals surface area contributed by atoms with E-state index >= 15 is 0 Å². The topological polar surface area (TPSA) is 91.0 Å². The van der Waals surface area contributed by atoms with Crippen molar-refractivity contribution in [1.29, 1.82) is 0 Å². The van der Waals surface area contributed by atoms with E-state index in [4.69, 9.17) is 10.5 Å². The van der Waals surface area contributed by atoms with Crippen molar-refractivity contribution in [3.63, 3.8) is 0 Å². The molecule has 0 radical (unpaired) electrons. The van der Waals surface area contributed by atoms with Gasteiger partial charge in [-0.1, -0.05) is 11.8 Å². The van der Waals surface area contributed by atoms with Crippen LogP contribution in [-0.2, 0) is 6.54 Å². The second kappa shape index (κ2) is 7.90. The minimum Gasteiger partial charge on any atom is -0.492 e. The third-order valence-electron chi connectivity index (χ3n) is 3.39. The smallest absolute Gasteiger partial charge is 0.183 e. The largest absolute Gasteiger partial charge is 0.492 e. The molecule has 0 spiro atoms. The zero-order chi connectivity index (χ0) is 17.8. The number of thioether (sulfide) groups is 1. The number of ketones is 1. The zero-order valence-electron chi connectivity index (χ0n) is 14.0. The molecule has 0 aliphatic carbocycles. The van der Waals surface area contributed by atoms with Gasteiger partial charge in [0, 0.05) is 11.4 Å². The maximum absolute atomic E-state index is 12.4. The number of fused-ring (bicyclic) bond motifs is 1. The second-order valence-corrected chi connectivity index (χ2v) is 7.37. The standard InChI is InChI=1S/C17H18N4O2S2/c1-3-23-11-6-13-16(19-8-11)20-10(2)21-17(13)24-9-14(22)15-5-4-12(7-18)25-15/h4-6,8H,3,7,9,18H2,1-2H3. The lowest BCUT2D eigenvalue weighted by Crippen LogP contribution is -2.02. The van der Waals surface area contributed by atoms with Crippen LogP contribution >= 0.6 is 23.1 Å². The van der Waals surface area contributed by atoms with Gasteiger partial charge in [0.15, 0.2) is 11.4 Å². The average molecular weight is 374 g/mol. The van der Waals surface area contributed by atoms with Crippen molar-refractivity contribution < 1.29 is 9.53 Å². The quantitative estimate of drug-likeness (QED) is 0.386. The lowest BCUT2D eigenvalue weighted by atomic mass is 10.3. The first kappa shape index (κ1) is 17.8. The Morgan fingerprint density at radius 3 is 2.92 bits per heavy atom. The van der Waals surface area contributed by atoms with Crippen LogP contribution in [0.1, 0.15) is 27.3 Å². The van der Waals surface area contributed by atoms with E-state index in [2.05, 4.69) is 15.0 Å². The Hall–Kier alpha value is -2.03. The normalized spacial score (nSPS) is 11.0. The molecule has 2 N–H and O–H groups in total. The number of hydrogen-bond acceptors (Lipinski definition) is 8. The summed E-state index contributed by atoms with van der Waals surface area (Å²) in [6.07, 6.45) is 1.65. The first-order chi connectivity index (χ1) is 12.1. The van der Waals surface area contributed by atoms with E-state index in [9.17, 15) is 4.79 Å². The highest BCUT2D eigenvalue weighted by molar-refractivity contribution is 8.00. The van der Waals surface area contributed by atoms with Crippen molar-refractivity contribution in [2.45, 2.75) is 25.4 Å². The zero-order valence-corrected chi connectivity index (χ0v) is 15.6. The Morgan fingerprint density at radius 1 is 1.36 bits per heavy atom. The number of aryl methyl sites for hydroxylation is 1.